The first kappa shape index (κ1) is 33.8. The molecule has 220 valence electrons. The molecule has 4 amide bonds. The Morgan fingerprint density at radius 1 is 0.821 bits per heavy atom. The zero-order chi connectivity index (χ0) is 29.5. The van der Waals surface area contributed by atoms with E-state index < -0.39 is 29.9 Å². The van der Waals surface area contributed by atoms with Gasteiger partial charge in [-0.15, -0.1) is 0 Å². The highest BCUT2D eigenvalue weighted by Gasteiger charge is 2.29. The van der Waals surface area contributed by atoms with Crippen LogP contribution in [-0.2, 0) is 14.4 Å². The molecule has 4 atom stereocenters. The van der Waals surface area contributed by atoms with Crippen molar-refractivity contribution in [1.29, 1.82) is 0 Å². The summed E-state index contributed by atoms with van der Waals surface area (Å²) in [4.78, 5) is 51.4. The number of nitrogens with one attached hydrogen (secondary N) is 5. The molecule has 0 saturated carbocycles. The fraction of sp³-hybridized carbons (Fsp3) is 0.679. The SMILES string of the molecule is CCC[C@H](NC(=O)[C@H](CC(C)C)NC(=O)c1cc[n+]([O-])cc1)C(=O)N[C@H](CN[C@@H](C)C(=O)NCC)CC(C)C. The lowest BCUT2D eigenvalue weighted by Crippen LogP contribution is -2.56. The van der Waals surface area contributed by atoms with Gasteiger partial charge in [-0.1, -0.05) is 41.0 Å². The average Bonchev–Trinajstić information content (AvgIpc) is 2.86. The number of nitrogens with zero attached hydrogens (tertiary/aromatic N) is 1. The smallest absolute Gasteiger partial charge is 0.252 e. The van der Waals surface area contributed by atoms with Gasteiger partial charge in [-0.2, -0.15) is 4.73 Å². The van der Waals surface area contributed by atoms with Gasteiger partial charge in [-0.25, -0.2) is 0 Å². The molecule has 0 aliphatic heterocycles. The minimum Gasteiger partial charge on any atom is -0.619 e. The molecule has 0 saturated heterocycles. The zero-order valence-electron chi connectivity index (χ0n) is 24.5. The molecule has 0 aliphatic carbocycles. The summed E-state index contributed by atoms with van der Waals surface area (Å²) in [6, 6.07) is 0.492. The summed E-state index contributed by atoms with van der Waals surface area (Å²) in [5.74, 6) is -0.922. The third-order valence-corrected chi connectivity index (χ3v) is 6.12. The van der Waals surface area contributed by atoms with Crippen LogP contribution >= 0.6 is 0 Å². The molecule has 5 N–H and O–H groups in total. The average molecular weight is 549 g/mol. The van der Waals surface area contributed by atoms with Crippen LogP contribution in [0.4, 0.5) is 0 Å². The summed E-state index contributed by atoms with van der Waals surface area (Å²) in [5.41, 5.74) is 0.261. The maximum atomic E-state index is 13.3. The fourth-order valence-corrected chi connectivity index (χ4v) is 4.14. The topological polar surface area (TPSA) is 155 Å². The molecule has 1 heterocycles. The summed E-state index contributed by atoms with van der Waals surface area (Å²) < 4.78 is 0.575. The van der Waals surface area contributed by atoms with Gasteiger partial charge < -0.3 is 31.8 Å². The van der Waals surface area contributed by atoms with Gasteiger partial charge in [0, 0.05) is 31.3 Å². The Kier molecular flexibility index (Phi) is 15.1. The fourth-order valence-electron chi connectivity index (χ4n) is 4.14. The van der Waals surface area contributed by atoms with Crippen molar-refractivity contribution in [2.24, 2.45) is 11.8 Å². The van der Waals surface area contributed by atoms with Gasteiger partial charge >= 0.3 is 0 Å². The number of hydrogen-bond acceptors (Lipinski definition) is 6. The van der Waals surface area contributed by atoms with E-state index >= 15 is 0 Å². The molecule has 1 aromatic heterocycles. The molecule has 0 aromatic carbocycles. The molecule has 0 fully saturated rings. The molecule has 11 nitrogen and oxygen atoms in total. The van der Waals surface area contributed by atoms with Gasteiger partial charge in [0.2, 0.25) is 17.7 Å². The van der Waals surface area contributed by atoms with E-state index in [2.05, 4.69) is 40.4 Å². The molecular formula is C28H48N6O5. The number of hydrogen-bond donors (Lipinski definition) is 5. The predicted octanol–water partition coefficient (Wildman–Crippen LogP) is 1.39. The molecule has 1 aromatic rings. The third kappa shape index (κ3) is 12.9. The number of carbonyl (C=O) groups excluding carboxylic acids is 4. The van der Waals surface area contributed by atoms with Crippen LogP contribution in [0.3, 0.4) is 0 Å². The van der Waals surface area contributed by atoms with Crippen molar-refractivity contribution in [1.82, 2.24) is 26.6 Å². The van der Waals surface area contributed by atoms with Crippen LogP contribution in [0.25, 0.3) is 0 Å². The van der Waals surface area contributed by atoms with Gasteiger partial charge in [-0.05, 0) is 44.9 Å². The van der Waals surface area contributed by atoms with E-state index in [9.17, 15) is 24.4 Å². The van der Waals surface area contributed by atoms with E-state index in [4.69, 9.17) is 0 Å². The van der Waals surface area contributed by atoms with Gasteiger partial charge in [-0.3, -0.25) is 19.2 Å². The minimum absolute atomic E-state index is 0.104. The Bertz CT molecular complexity index is 922. The minimum atomic E-state index is -0.852. The Morgan fingerprint density at radius 2 is 1.41 bits per heavy atom. The summed E-state index contributed by atoms with van der Waals surface area (Å²) in [7, 11) is 0. The van der Waals surface area contributed by atoms with E-state index in [1.165, 1.54) is 24.5 Å². The highest BCUT2D eigenvalue weighted by atomic mass is 16.5. The van der Waals surface area contributed by atoms with Crippen molar-refractivity contribution in [3.63, 3.8) is 0 Å². The first-order valence-electron chi connectivity index (χ1n) is 14.0. The lowest BCUT2D eigenvalue weighted by molar-refractivity contribution is -0.605. The van der Waals surface area contributed by atoms with Crippen LogP contribution in [0.2, 0.25) is 0 Å². The van der Waals surface area contributed by atoms with E-state index in [1.54, 1.807) is 6.92 Å². The second kappa shape index (κ2) is 17.4. The monoisotopic (exact) mass is 548 g/mol. The lowest BCUT2D eigenvalue weighted by atomic mass is 10.0. The lowest BCUT2D eigenvalue weighted by Gasteiger charge is -2.27. The summed E-state index contributed by atoms with van der Waals surface area (Å²) in [6.45, 7) is 14.5. The summed E-state index contributed by atoms with van der Waals surface area (Å²) >= 11 is 0. The molecule has 1 rings (SSSR count). The van der Waals surface area contributed by atoms with Crippen LogP contribution in [0, 0.1) is 17.0 Å². The first-order valence-corrected chi connectivity index (χ1v) is 14.0. The molecule has 0 radical (unpaired) electrons. The van der Waals surface area contributed by atoms with Crippen molar-refractivity contribution in [2.75, 3.05) is 13.1 Å². The molecule has 0 spiro atoms. The second-order valence-corrected chi connectivity index (χ2v) is 10.8. The number of amides is 4. The van der Waals surface area contributed by atoms with E-state index in [-0.39, 0.29) is 29.3 Å². The molecule has 11 heteroatoms. The van der Waals surface area contributed by atoms with Crippen LogP contribution in [0.15, 0.2) is 24.5 Å². The van der Waals surface area contributed by atoms with Crippen molar-refractivity contribution in [3.8, 4) is 0 Å². The Hall–Kier alpha value is -3.21. The molecule has 0 unspecified atom stereocenters. The van der Waals surface area contributed by atoms with Crippen molar-refractivity contribution in [3.05, 3.63) is 35.3 Å². The normalized spacial score (nSPS) is 14.3. The quantitative estimate of drug-likeness (QED) is 0.146. The van der Waals surface area contributed by atoms with E-state index in [1.807, 2.05) is 27.7 Å². The third-order valence-electron chi connectivity index (χ3n) is 6.12. The highest BCUT2D eigenvalue weighted by Crippen LogP contribution is 2.10. The molecule has 0 aliphatic rings. The molecule has 0 bridgehead atoms. The van der Waals surface area contributed by atoms with Crippen molar-refractivity contribution in [2.45, 2.75) is 98.3 Å². The first-order chi connectivity index (χ1) is 18.4. The van der Waals surface area contributed by atoms with Crippen LogP contribution < -0.4 is 31.3 Å². The zero-order valence-corrected chi connectivity index (χ0v) is 24.5. The van der Waals surface area contributed by atoms with E-state index in [0.29, 0.717) is 49.4 Å². The van der Waals surface area contributed by atoms with E-state index in [0.717, 1.165) is 0 Å². The number of likely N-dealkylation sites (N-methyl/N-ethyl adjacent to an activating group) is 1. The Labute approximate surface area is 232 Å². The largest absolute Gasteiger partial charge is 0.619 e. The standard InChI is InChI=1S/C28H48N6O5/c1-8-10-23(27(37)31-22(15-18(3)4)17-30-20(7)25(35)29-9-2)32-28(38)24(16-19(5)6)33-26(36)21-11-13-34(39)14-12-21/h11-14,18-20,22-24,30H,8-10,15-17H2,1-7H3,(H,29,35)(H,31,37)(H,32,38)(H,33,36)/t20-,22-,23-,24-/m0/s1. The van der Waals surface area contributed by atoms with Gasteiger partial charge in [0.25, 0.3) is 5.91 Å². The maximum absolute atomic E-state index is 13.3. The molecule has 39 heavy (non-hydrogen) atoms. The predicted molar refractivity (Wildman–Crippen MR) is 150 cm³/mol. The Morgan fingerprint density at radius 3 is 1.95 bits per heavy atom. The van der Waals surface area contributed by atoms with Crippen LogP contribution in [0.5, 0.6) is 0 Å². The highest BCUT2D eigenvalue weighted by molar-refractivity contribution is 5.98. The number of rotatable bonds is 17. The summed E-state index contributed by atoms with van der Waals surface area (Å²) in [6.07, 6.45) is 4.60. The van der Waals surface area contributed by atoms with Gasteiger partial charge in [0.15, 0.2) is 12.4 Å². The Balaban J connectivity index is 2.94. The van der Waals surface area contributed by atoms with Crippen LogP contribution in [-0.4, -0.2) is 60.9 Å². The molecular weight excluding hydrogens is 500 g/mol. The van der Waals surface area contributed by atoms with Crippen LogP contribution in [0.1, 0.15) is 84.5 Å². The number of carbonyl (C=O) groups is 4. The van der Waals surface area contributed by atoms with Gasteiger partial charge in [0.05, 0.1) is 11.6 Å². The maximum Gasteiger partial charge on any atom is 0.252 e. The van der Waals surface area contributed by atoms with Crippen molar-refractivity contribution >= 4 is 23.6 Å². The number of aromatic nitrogens is 1. The summed E-state index contributed by atoms with van der Waals surface area (Å²) in [5, 5.41) is 25.9. The van der Waals surface area contributed by atoms with Gasteiger partial charge in [0.1, 0.15) is 12.1 Å². The van der Waals surface area contributed by atoms with Crippen molar-refractivity contribution < 1.29 is 23.9 Å². The second-order valence-electron chi connectivity index (χ2n) is 10.8. The number of pyridine rings is 1.